The number of aromatic nitrogens is 4. The van der Waals surface area contributed by atoms with Crippen LogP contribution in [0.3, 0.4) is 0 Å². The Morgan fingerprint density at radius 2 is 1.89 bits per heavy atom. The van der Waals surface area contributed by atoms with E-state index in [0.29, 0.717) is 31.2 Å². The summed E-state index contributed by atoms with van der Waals surface area (Å²) in [5.41, 5.74) is 7.49. The summed E-state index contributed by atoms with van der Waals surface area (Å²) in [6, 6.07) is 3.68. The Morgan fingerprint density at radius 1 is 1.14 bits per heavy atom. The summed E-state index contributed by atoms with van der Waals surface area (Å²) >= 11 is 0. The molecule has 4 heterocycles. The molecule has 35 heavy (non-hydrogen) atoms. The molecular formula is C25H33N7O3. The zero-order valence-electron chi connectivity index (χ0n) is 21.0. The molecule has 10 nitrogen and oxygen atoms in total. The smallest absolute Gasteiger partial charge is 0.410 e. The number of nitrogens with two attached hydrogens (primary N) is 1. The van der Waals surface area contributed by atoms with Gasteiger partial charge in [0.05, 0.1) is 5.39 Å². The molecule has 2 N–H and O–H groups in total. The second-order valence-electron chi connectivity index (χ2n) is 10.6. The third-order valence-electron chi connectivity index (χ3n) is 6.76. The van der Waals surface area contributed by atoms with Gasteiger partial charge in [0.25, 0.3) is 5.91 Å². The average Bonchev–Trinajstić information content (AvgIpc) is 3.44. The maximum atomic E-state index is 12.6. The van der Waals surface area contributed by atoms with Crippen molar-refractivity contribution in [3.8, 4) is 5.82 Å². The Hall–Kier alpha value is -3.56. The molecule has 0 aromatic carbocycles. The van der Waals surface area contributed by atoms with Crippen molar-refractivity contribution in [1.82, 2.24) is 24.0 Å². The first-order valence-electron chi connectivity index (χ1n) is 12.1. The largest absolute Gasteiger partial charge is 0.444 e. The van der Waals surface area contributed by atoms with Gasteiger partial charge in [-0.05, 0) is 64.2 Å². The van der Waals surface area contributed by atoms with Crippen LogP contribution in [-0.4, -0.2) is 67.3 Å². The molecule has 3 aromatic heterocycles. The standard InChI is InChI=1S/C25H33N7O3/c1-15-12-30(24(34)35-25(2,3)4)10-11-31(15)22-20-17(16-6-7-16)13-32(23(20)28-14-27-22)19-9-8-18(21(26)33)29(19)5/h8-9,13-16H,6-7,10-12H2,1-5H3,(H2,26,33). The number of primary amides is 1. The first-order chi connectivity index (χ1) is 16.5. The van der Waals surface area contributed by atoms with Crippen LogP contribution in [0.2, 0.25) is 0 Å². The van der Waals surface area contributed by atoms with E-state index < -0.39 is 11.5 Å². The van der Waals surface area contributed by atoms with Crippen LogP contribution in [-0.2, 0) is 11.8 Å². The third-order valence-corrected chi connectivity index (χ3v) is 6.76. The molecule has 10 heteroatoms. The fourth-order valence-electron chi connectivity index (χ4n) is 4.92. The predicted octanol–water partition coefficient (Wildman–Crippen LogP) is 3.18. The summed E-state index contributed by atoms with van der Waals surface area (Å²) in [5.74, 6) is 1.71. The number of nitrogens with zero attached hydrogens (tertiary/aromatic N) is 6. The SMILES string of the molecule is CC1CN(C(=O)OC(C)(C)C)CCN1c1ncnc2c1c(C1CC1)cn2-c1ccc(C(N)=O)n1C. The molecule has 5 rings (SSSR count). The molecule has 1 saturated carbocycles. The number of ether oxygens (including phenoxy) is 1. The fourth-order valence-corrected chi connectivity index (χ4v) is 4.92. The van der Waals surface area contributed by atoms with Gasteiger partial charge in [-0.3, -0.25) is 9.36 Å². The zero-order valence-corrected chi connectivity index (χ0v) is 21.0. The van der Waals surface area contributed by atoms with Crippen LogP contribution in [0.25, 0.3) is 16.9 Å². The highest BCUT2D eigenvalue weighted by Gasteiger charge is 2.35. The lowest BCUT2D eigenvalue weighted by Crippen LogP contribution is -2.54. The molecule has 2 aliphatic rings. The van der Waals surface area contributed by atoms with Crippen LogP contribution in [0, 0.1) is 0 Å². The van der Waals surface area contributed by atoms with Crippen molar-refractivity contribution in [2.75, 3.05) is 24.5 Å². The number of carbonyl (C=O) groups is 2. The maximum Gasteiger partial charge on any atom is 0.410 e. The van der Waals surface area contributed by atoms with E-state index in [4.69, 9.17) is 15.5 Å². The summed E-state index contributed by atoms with van der Waals surface area (Å²) in [5, 5.41) is 1.04. The highest BCUT2D eigenvalue weighted by molar-refractivity contribution is 5.94. The lowest BCUT2D eigenvalue weighted by atomic mass is 10.1. The van der Waals surface area contributed by atoms with Gasteiger partial charge in [0.15, 0.2) is 5.65 Å². The average molecular weight is 480 g/mol. The van der Waals surface area contributed by atoms with Gasteiger partial charge in [0, 0.05) is 38.9 Å². The van der Waals surface area contributed by atoms with Crippen LogP contribution >= 0.6 is 0 Å². The lowest BCUT2D eigenvalue weighted by molar-refractivity contribution is 0.0218. The van der Waals surface area contributed by atoms with Crippen LogP contribution in [0.1, 0.15) is 62.5 Å². The van der Waals surface area contributed by atoms with Crippen molar-refractivity contribution < 1.29 is 14.3 Å². The van der Waals surface area contributed by atoms with Crippen molar-refractivity contribution in [2.45, 2.75) is 58.1 Å². The number of hydrogen-bond donors (Lipinski definition) is 1. The van der Waals surface area contributed by atoms with Crippen molar-refractivity contribution in [3.05, 3.63) is 35.9 Å². The van der Waals surface area contributed by atoms with Crippen LogP contribution in [0.4, 0.5) is 10.6 Å². The van der Waals surface area contributed by atoms with Crippen molar-refractivity contribution in [3.63, 3.8) is 0 Å². The second kappa shape index (κ2) is 8.28. The van der Waals surface area contributed by atoms with Crippen LogP contribution in [0.5, 0.6) is 0 Å². The number of carbonyl (C=O) groups excluding carboxylic acids is 2. The van der Waals surface area contributed by atoms with E-state index in [1.54, 1.807) is 21.9 Å². The highest BCUT2D eigenvalue weighted by atomic mass is 16.6. The number of anilines is 1. The summed E-state index contributed by atoms with van der Waals surface area (Å²) < 4.78 is 9.41. The molecule has 1 aliphatic carbocycles. The van der Waals surface area contributed by atoms with E-state index in [1.807, 2.05) is 38.5 Å². The van der Waals surface area contributed by atoms with E-state index >= 15 is 0 Å². The number of fused-ring (bicyclic) bond motifs is 1. The predicted molar refractivity (Wildman–Crippen MR) is 133 cm³/mol. The fraction of sp³-hybridized carbons (Fsp3) is 0.520. The third kappa shape index (κ3) is 4.21. The van der Waals surface area contributed by atoms with Crippen molar-refractivity contribution in [2.24, 2.45) is 12.8 Å². The Kier molecular flexibility index (Phi) is 5.49. The Bertz CT molecular complexity index is 1300. The molecule has 2 amide bonds. The summed E-state index contributed by atoms with van der Waals surface area (Å²) in [6.45, 7) is 9.51. The molecule has 1 unspecified atom stereocenters. The highest BCUT2D eigenvalue weighted by Crippen LogP contribution is 2.46. The molecule has 0 radical (unpaired) electrons. The molecule has 186 valence electrons. The van der Waals surface area contributed by atoms with E-state index in [0.717, 1.165) is 35.5 Å². The quantitative estimate of drug-likeness (QED) is 0.615. The first kappa shape index (κ1) is 23.2. The van der Waals surface area contributed by atoms with Gasteiger partial charge in [0.2, 0.25) is 0 Å². The normalized spacial score (nSPS) is 18.8. The number of amides is 2. The molecule has 0 spiro atoms. The summed E-state index contributed by atoms with van der Waals surface area (Å²) in [6.07, 6.45) is 5.71. The van der Waals surface area contributed by atoms with Crippen LogP contribution in [0.15, 0.2) is 24.7 Å². The number of hydrogen-bond acceptors (Lipinski definition) is 6. The van der Waals surface area contributed by atoms with E-state index in [2.05, 4.69) is 23.0 Å². The summed E-state index contributed by atoms with van der Waals surface area (Å²) in [4.78, 5) is 37.9. The number of rotatable bonds is 4. The zero-order chi connectivity index (χ0) is 25.1. The van der Waals surface area contributed by atoms with Gasteiger partial charge < -0.3 is 24.8 Å². The minimum atomic E-state index is -0.524. The monoisotopic (exact) mass is 479 g/mol. The second-order valence-corrected chi connectivity index (χ2v) is 10.6. The molecule has 1 aliphatic heterocycles. The van der Waals surface area contributed by atoms with Crippen molar-refractivity contribution >= 4 is 28.9 Å². The van der Waals surface area contributed by atoms with Gasteiger partial charge in [-0.15, -0.1) is 0 Å². The molecule has 0 bridgehead atoms. The minimum absolute atomic E-state index is 0.0567. The Labute approximate surface area is 204 Å². The van der Waals surface area contributed by atoms with E-state index in [1.165, 1.54) is 5.56 Å². The van der Waals surface area contributed by atoms with E-state index in [9.17, 15) is 9.59 Å². The van der Waals surface area contributed by atoms with Gasteiger partial charge in [-0.2, -0.15) is 0 Å². The molecular weight excluding hydrogens is 446 g/mol. The van der Waals surface area contributed by atoms with Gasteiger partial charge >= 0.3 is 6.09 Å². The molecule has 1 saturated heterocycles. The topological polar surface area (TPSA) is 112 Å². The minimum Gasteiger partial charge on any atom is -0.444 e. The molecule has 3 aromatic rings. The number of piperazine rings is 1. The maximum absolute atomic E-state index is 12.6. The van der Waals surface area contributed by atoms with Gasteiger partial charge in [-0.1, -0.05) is 0 Å². The van der Waals surface area contributed by atoms with Gasteiger partial charge in [0.1, 0.15) is 29.3 Å². The van der Waals surface area contributed by atoms with E-state index in [-0.39, 0.29) is 12.1 Å². The Balaban J connectivity index is 1.52. The van der Waals surface area contributed by atoms with Crippen LogP contribution < -0.4 is 10.6 Å². The van der Waals surface area contributed by atoms with Crippen molar-refractivity contribution in [1.29, 1.82) is 0 Å². The molecule has 1 atom stereocenters. The van der Waals surface area contributed by atoms with Gasteiger partial charge in [-0.25, -0.2) is 14.8 Å². The first-order valence-corrected chi connectivity index (χ1v) is 12.1. The summed E-state index contributed by atoms with van der Waals surface area (Å²) in [7, 11) is 1.83. The Morgan fingerprint density at radius 3 is 2.49 bits per heavy atom. The lowest BCUT2D eigenvalue weighted by Gasteiger charge is -2.41. The molecule has 2 fully saturated rings.